The molecule has 2 N–H and O–H groups in total. The second-order valence-electron chi connectivity index (χ2n) is 7.65. The molecule has 7 nitrogen and oxygen atoms in total. The van der Waals surface area contributed by atoms with Gasteiger partial charge in [-0.2, -0.15) is 0 Å². The monoisotopic (exact) mass is 518 g/mol. The number of hydrogen-bond acceptors (Lipinski definition) is 6. The maximum Gasteiger partial charge on any atom is 0.283 e. The molecule has 3 aromatic carbocycles. The number of nitrogens with zero attached hydrogens (tertiary/aromatic N) is 2. The van der Waals surface area contributed by atoms with Gasteiger partial charge < -0.3 is 5.32 Å². The minimum absolute atomic E-state index is 0.200. The molecule has 178 valence electrons. The second-order valence-corrected chi connectivity index (χ2v) is 8.89. The summed E-state index contributed by atoms with van der Waals surface area (Å²) in [5.41, 5.74) is 1.90. The third-order valence-electron chi connectivity index (χ3n) is 5.31. The summed E-state index contributed by atoms with van der Waals surface area (Å²) in [6.45, 7) is 0. The van der Waals surface area contributed by atoms with Crippen LogP contribution in [0.15, 0.2) is 95.0 Å². The van der Waals surface area contributed by atoms with Gasteiger partial charge in [-0.1, -0.05) is 60.1 Å². The summed E-state index contributed by atoms with van der Waals surface area (Å²) in [6.07, 6.45) is 0. The zero-order valence-electron chi connectivity index (χ0n) is 18.4. The van der Waals surface area contributed by atoms with Gasteiger partial charge in [0.1, 0.15) is 16.5 Å². The number of nitrogens with one attached hydrogen (secondary N) is 2. The molecule has 1 aromatic heterocycles. The number of imide groups is 1. The largest absolute Gasteiger partial charge is 0.350 e. The van der Waals surface area contributed by atoms with E-state index in [1.807, 2.05) is 35.7 Å². The van der Waals surface area contributed by atoms with Crippen LogP contribution >= 0.6 is 22.9 Å². The Labute approximate surface area is 213 Å². The average Bonchev–Trinajstić information content (AvgIpc) is 3.44. The van der Waals surface area contributed by atoms with Crippen molar-refractivity contribution in [1.82, 2.24) is 4.98 Å². The summed E-state index contributed by atoms with van der Waals surface area (Å²) in [5.74, 6) is -2.79. The number of amides is 3. The Morgan fingerprint density at radius 2 is 1.69 bits per heavy atom. The highest BCUT2D eigenvalue weighted by Crippen LogP contribution is 2.32. The van der Waals surface area contributed by atoms with Gasteiger partial charge in [0.25, 0.3) is 17.7 Å². The average molecular weight is 519 g/mol. The van der Waals surface area contributed by atoms with Crippen LogP contribution in [-0.4, -0.2) is 22.7 Å². The van der Waals surface area contributed by atoms with Crippen LogP contribution < -0.4 is 15.5 Å². The number of carbonyl (C=O) groups is 3. The predicted octanol–water partition coefficient (Wildman–Crippen LogP) is 5.64. The van der Waals surface area contributed by atoms with E-state index in [0.717, 1.165) is 17.3 Å². The molecule has 0 unspecified atom stereocenters. The second kappa shape index (κ2) is 9.73. The van der Waals surface area contributed by atoms with Crippen molar-refractivity contribution in [2.45, 2.75) is 0 Å². The van der Waals surface area contributed by atoms with Crippen molar-refractivity contribution in [3.63, 3.8) is 0 Å². The Kier molecular flexibility index (Phi) is 6.32. The summed E-state index contributed by atoms with van der Waals surface area (Å²) in [5, 5.41) is 7.45. The van der Waals surface area contributed by atoms with Crippen LogP contribution in [0.5, 0.6) is 0 Å². The zero-order chi connectivity index (χ0) is 25.2. The first kappa shape index (κ1) is 23.4. The van der Waals surface area contributed by atoms with Gasteiger partial charge in [0.2, 0.25) is 0 Å². The van der Waals surface area contributed by atoms with Crippen LogP contribution in [0.1, 0.15) is 10.4 Å². The number of halogens is 2. The SMILES string of the molecule is O=C(Nc1nc(-c2ccccc2)cs1)c1cccc(NC2=C(Cl)C(=O)N(c3ccccc3F)C2=O)c1. The third-order valence-corrected chi connectivity index (χ3v) is 6.42. The molecule has 5 rings (SSSR count). The molecule has 0 bridgehead atoms. The van der Waals surface area contributed by atoms with E-state index in [2.05, 4.69) is 15.6 Å². The molecule has 1 aliphatic heterocycles. The van der Waals surface area contributed by atoms with Crippen LogP contribution in [0.4, 0.5) is 20.9 Å². The summed E-state index contributed by atoms with van der Waals surface area (Å²) in [4.78, 5) is 43.4. The minimum atomic E-state index is -0.846. The highest BCUT2D eigenvalue weighted by Gasteiger charge is 2.40. The van der Waals surface area contributed by atoms with E-state index in [1.165, 1.54) is 35.6 Å². The number of aromatic nitrogens is 1. The highest BCUT2D eigenvalue weighted by molar-refractivity contribution is 7.14. The zero-order valence-corrected chi connectivity index (χ0v) is 19.9. The van der Waals surface area contributed by atoms with Gasteiger partial charge in [0.15, 0.2) is 5.13 Å². The first-order valence-electron chi connectivity index (χ1n) is 10.6. The molecule has 0 fully saturated rings. The molecule has 4 aromatic rings. The van der Waals surface area contributed by atoms with Gasteiger partial charge in [-0.25, -0.2) is 14.3 Å². The van der Waals surface area contributed by atoms with E-state index in [4.69, 9.17) is 11.6 Å². The molecule has 0 saturated carbocycles. The summed E-state index contributed by atoms with van der Waals surface area (Å²) >= 11 is 7.43. The first-order valence-corrected chi connectivity index (χ1v) is 11.9. The Balaban J connectivity index is 1.32. The van der Waals surface area contributed by atoms with E-state index in [-0.39, 0.29) is 22.0 Å². The minimum Gasteiger partial charge on any atom is -0.350 e. The summed E-state index contributed by atoms with van der Waals surface area (Å²) in [7, 11) is 0. The van der Waals surface area contributed by atoms with Gasteiger partial charge >= 0.3 is 0 Å². The van der Waals surface area contributed by atoms with Gasteiger partial charge in [-0.15, -0.1) is 11.3 Å². The Morgan fingerprint density at radius 1 is 0.944 bits per heavy atom. The number of hydrogen-bond donors (Lipinski definition) is 2. The molecule has 0 aliphatic carbocycles. The fourth-order valence-corrected chi connectivity index (χ4v) is 4.52. The molecule has 2 heterocycles. The molecular weight excluding hydrogens is 503 g/mol. The van der Waals surface area contributed by atoms with Crippen molar-refractivity contribution >= 4 is 57.2 Å². The lowest BCUT2D eigenvalue weighted by atomic mass is 10.2. The van der Waals surface area contributed by atoms with Crippen LogP contribution in [0.2, 0.25) is 0 Å². The van der Waals surface area contributed by atoms with Gasteiger partial charge in [0, 0.05) is 22.2 Å². The Hall–Kier alpha value is -4.34. The lowest BCUT2D eigenvalue weighted by Gasteiger charge is -2.15. The number of rotatable bonds is 6. The van der Waals surface area contributed by atoms with Gasteiger partial charge in [0.05, 0.1) is 11.4 Å². The lowest BCUT2D eigenvalue weighted by molar-refractivity contribution is -0.120. The number of thiazole rings is 1. The maximum atomic E-state index is 14.2. The first-order chi connectivity index (χ1) is 17.4. The standard InChI is InChI=1S/C26H16ClFN4O3S/c27-21-22(25(35)32(24(21)34)20-12-5-4-11-18(20)28)29-17-10-6-9-16(13-17)23(33)31-26-30-19(14-36-26)15-7-2-1-3-8-15/h1-14,29H,(H,30,31,33). The van der Waals surface area contributed by atoms with Crippen LogP contribution in [0.25, 0.3) is 11.3 Å². The Morgan fingerprint density at radius 3 is 2.47 bits per heavy atom. The number of anilines is 3. The van der Waals surface area contributed by atoms with Crippen LogP contribution in [0, 0.1) is 5.82 Å². The van der Waals surface area contributed by atoms with Crippen LogP contribution in [0.3, 0.4) is 0 Å². The van der Waals surface area contributed by atoms with Crippen molar-refractivity contribution in [1.29, 1.82) is 0 Å². The van der Waals surface area contributed by atoms with Crippen molar-refractivity contribution in [2.75, 3.05) is 15.5 Å². The van der Waals surface area contributed by atoms with Crippen LogP contribution in [-0.2, 0) is 9.59 Å². The quantitative estimate of drug-likeness (QED) is 0.322. The molecule has 0 atom stereocenters. The highest BCUT2D eigenvalue weighted by atomic mass is 35.5. The van der Waals surface area contributed by atoms with Crippen molar-refractivity contribution in [2.24, 2.45) is 0 Å². The number of para-hydroxylation sites is 1. The maximum absolute atomic E-state index is 14.2. The molecule has 0 spiro atoms. The van der Waals surface area contributed by atoms with Crippen molar-refractivity contribution in [3.05, 3.63) is 106 Å². The van der Waals surface area contributed by atoms with E-state index < -0.39 is 23.5 Å². The smallest absolute Gasteiger partial charge is 0.283 e. The van der Waals surface area contributed by atoms with E-state index in [1.54, 1.807) is 18.2 Å². The van der Waals surface area contributed by atoms with E-state index >= 15 is 0 Å². The topological polar surface area (TPSA) is 91.4 Å². The molecule has 3 amide bonds. The normalized spacial score (nSPS) is 13.3. The van der Waals surface area contributed by atoms with E-state index in [9.17, 15) is 18.8 Å². The van der Waals surface area contributed by atoms with E-state index in [0.29, 0.717) is 15.7 Å². The summed E-state index contributed by atoms with van der Waals surface area (Å²) in [6, 6.07) is 21.3. The fraction of sp³-hybridized carbons (Fsp3) is 0. The van der Waals surface area contributed by atoms with Gasteiger partial charge in [-0.05, 0) is 30.3 Å². The molecule has 0 saturated heterocycles. The fourth-order valence-electron chi connectivity index (χ4n) is 3.59. The molecule has 36 heavy (non-hydrogen) atoms. The molecular formula is C26H16ClFN4O3S. The van der Waals surface area contributed by atoms with Crippen molar-refractivity contribution < 1.29 is 18.8 Å². The van der Waals surface area contributed by atoms with Crippen molar-refractivity contribution in [3.8, 4) is 11.3 Å². The summed E-state index contributed by atoms with van der Waals surface area (Å²) < 4.78 is 14.2. The number of carbonyl (C=O) groups excluding carboxylic acids is 3. The third kappa shape index (κ3) is 4.49. The number of benzene rings is 3. The lowest BCUT2D eigenvalue weighted by Crippen LogP contribution is -2.33. The molecule has 10 heteroatoms. The predicted molar refractivity (Wildman–Crippen MR) is 137 cm³/mol. The Bertz CT molecular complexity index is 1540. The molecule has 1 aliphatic rings. The molecule has 0 radical (unpaired) electrons. The van der Waals surface area contributed by atoms with Gasteiger partial charge in [-0.3, -0.25) is 19.7 Å².